The number of ether oxygens (including phenoxy) is 3. The Kier molecular flexibility index (Phi) is 11.7. The molecule has 39 heavy (non-hydrogen) atoms. The van der Waals surface area contributed by atoms with E-state index in [0.717, 1.165) is 4.90 Å². The zero-order valence-corrected chi connectivity index (χ0v) is 24.9. The number of carbonyl (C=O) groups is 4. The van der Waals surface area contributed by atoms with E-state index in [1.54, 1.807) is 60.6 Å². The van der Waals surface area contributed by atoms with E-state index in [0.29, 0.717) is 31.5 Å². The molecule has 1 aliphatic heterocycles. The highest BCUT2D eigenvalue weighted by Gasteiger charge is 2.44. The molecule has 2 rings (SSSR count). The molecule has 1 heterocycles. The summed E-state index contributed by atoms with van der Waals surface area (Å²) >= 11 is 1.29. The maximum Gasteiger partial charge on any atom is 0.407 e. The highest BCUT2D eigenvalue weighted by Crippen LogP contribution is 2.42. The number of fused-ring (bicyclic) bond motifs is 1. The smallest absolute Gasteiger partial charge is 0.407 e. The van der Waals surface area contributed by atoms with E-state index in [9.17, 15) is 19.2 Å². The number of rotatable bonds is 10. The lowest BCUT2D eigenvalue weighted by atomic mass is 9.86. The minimum absolute atomic E-state index is 0.153. The first-order chi connectivity index (χ1) is 18.1. The monoisotopic (exact) mass is 565 g/mol. The molecule has 0 aliphatic carbocycles. The van der Waals surface area contributed by atoms with Crippen LogP contribution in [0.4, 0.5) is 10.5 Å². The SMILES string of the molecule is CCOC(=O)[C@@H](CCCCNC(=O)OC(C)(C)C)[C@@H]1C(=O)N(CC(=O)OC(C)(C)C)c2ccccc2SC1N. The Morgan fingerprint density at radius 2 is 1.69 bits per heavy atom. The predicted octanol–water partition coefficient (Wildman–Crippen LogP) is 4.24. The standard InChI is InChI=1S/C28H43N3O7S/c1-8-36-25(34)18(13-11-12-16-30-26(35)38-28(5,6)7)22-23(29)39-20-15-10-9-14-19(20)31(24(22)33)17-21(32)37-27(2,3)4/h9-10,14-15,18,22-23H,8,11-13,16-17,29H2,1-7H3,(H,30,35)/t18-,22-,23?/m0/s1. The Balaban J connectivity index is 2.25. The van der Waals surface area contributed by atoms with Crippen LogP contribution < -0.4 is 16.0 Å². The van der Waals surface area contributed by atoms with E-state index in [1.807, 2.05) is 12.1 Å². The van der Waals surface area contributed by atoms with Gasteiger partial charge in [0.1, 0.15) is 17.7 Å². The number of hydrogen-bond donors (Lipinski definition) is 2. The zero-order valence-electron chi connectivity index (χ0n) is 24.1. The summed E-state index contributed by atoms with van der Waals surface area (Å²) in [5.74, 6) is -3.30. The number of hydrogen-bond acceptors (Lipinski definition) is 9. The van der Waals surface area contributed by atoms with Gasteiger partial charge < -0.3 is 25.3 Å². The number of para-hydroxylation sites is 1. The molecule has 10 nitrogen and oxygen atoms in total. The van der Waals surface area contributed by atoms with Crippen molar-refractivity contribution >= 4 is 41.4 Å². The lowest BCUT2D eigenvalue weighted by molar-refractivity contribution is -0.154. The molecule has 1 unspecified atom stereocenters. The number of thioether (sulfide) groups is 1. The second-order valence-electron chi connectivity index (χ2n) is 11.4. The second-order valence-corrected chi connectivity index (χ2v) is 12.6. The molecule has 1 aromatic rings. The molecule has 2 amide bonds. The van der Waals surface area contributed by atoms with Crippen LogP contribution >= 0.6 is 11.8 Å². The van der Waals surface area contributed by atoms with Crippen molar-refractivity contribution in [2.75, 3.05) is 24.6 Å². The molecular formula is C28H43N3O7S. The third-order valence-electron chi connectivity index (χ3n) is 5.66. The Labute approximate surface area is 235 Å². The van der Waals surface area contributed by atoms with Crippen LogP contribution in [0.25, 0.3) is 0 Å². The molecule has 218 valence electrons. The van der Waals surface area contributed by atoms with E-state index in [1.165, 1.54) is 16.7 Å². The van der Waals surface area contributed by atoms with Gasteiger partial charge in [0.15, 0.2) is 0 Å². The summed E-state index contributed by atoms with van der Waals surface area (Å²) in [7, 11) is 0. The van der Waals surface area contributed by atoms with Gasteiger partial charge in [-0.05, 0) is 73.4 Å². The third kappa shape index (κ3) is 10.4. The largest absolute Gasteiger partial charge is 0.466 e. The highest BCUT2D eigenvalue weighted by atomic mass is 32.2. The molecule has 3 N–H and O–H groups in total. The number of carbonyl (C=O) groups excluding carboxylic acids is 4. The van der Waals surface area contributed by atoms with Crippen LogP contribution in [0.3, 0.4) is 0 Å². The summed E-state index contributed by atoms with van der Waals surface area (Å²) in [6.07, 6.45) is 0.882. The van der Waals surface area contributed by atoms with Crippen molar-refractivity contribution in [2.24, 2.45) is 17.6 Å². The number of unbranched alkanes of at least 4 members (excludes halogenated alkanes) is 1. The first-order valence-electron chi connectivity index (χ1n) is 13.3. The molecule has 1 aliphatic rings. The summed E-state index contributed by atoms with van der Waals surface area (Å²) in [6, 6.07) is 7.19. The quantitative estimate of drug-likeness (QED) is 0.242. The molecule has 0 bridgehead atoms. The number of amides is 2. The Bertz CT molecular complexity index is 1020. The summed E-state index contributed by atoms with van der Waals surface area (Å²) in [5.41, 5.74) is 5.78. The highest BCUT2D eigenvalue weighted by molar-refractivity contribution is 8.00. The molecule has 0 spiro atoms. The normalized spacial score (nSPS) is 18.5. The van der Waals surface area contributed by atoms with E-state index in [4.69, 9.17) is 19.9 Å². The number of nitrogens with one attached hydrogen (secondary N) is 1. The van der Waals surface area contributed by atoms with Crippen LogP contribution in [-0.4, -0.2) is 60.2 Å². The van der Waals surface area contributed by atoms with Gasteiger partial charge in [0.25, 0.3) is 0 Å². The minimum Gasteiger partial charge on any atom is -0.466 e. The first kappa shape index (κ1) is 32.4. The van der Waals surface area contributed by atoms with Gasteiger partial charge in [-0.25, -0.2) is 4.79 Å². The van der Waals surface area contributed by atoms with Crippen LogP contribution in [0.15, 0.2) is 29.2 Å². The first-order valence-corrected chi connectivity index (χ1v) is 14.2. The maximum atomic E-state index is 14.0. The fourth-order valence-corrected chi connectivity index (χ4v) is 5.40. The molecular weight excluding hydrogens is 522 g/mol. The molecule has 0 fully saturated rings. The Morgan fingerprint density at radius 1 is 1.05 bits per heavy atom. The number of anilines is 1. The Morgan fingerprint density at radius 3 is 2.31 bits per heavy atom. The lowest BCUT2D eigenvalue weighted by Gasteiger charge is -2.31. The molecule has 0 aromatic heterocycles. The van der Waals surface area contributed by atoms with Gasteiger partial charge in [0, 0.05) is 11.4 Å². The third-order valence-corrected chi connectivity index (χ3v) is 6.83. The average molecular weight is 566 g/mol. The molecule has 3 atom stereocenters. The minimum atomic E-state index is -0.942. The number of nitrogens with zero attached hydrogens (tertiary/aromatic N) is 1. The van der Waals surface area contributed by atoms with Crippen LogP contribution in [0.2, 0.25) is 0 Å². The maximum absolute atomic E-state index is 14.0. The van der Waals surface area contributed by atoms with Gasteiger partial charge in [-0.15, -0.1) is 11.8 Å². The van der Waals surface area contributed by atoms with Gasteiger partial charge in [-0.2, -0.15) is 0 Å². The lowest BCUT2D eigenvalue weighted by Crippen LogP contribution is -2.49. The molecule has 11 heteroatoms. The van der Waals surface area contributed by atoms with Crippen molar-refractivity contribution < 1.29 is 33.4 Å². The molecule has 0 radical (unpaired) electrons. The summed E-state index contributed by atoms with van der Waals surface area (Å²) in [4.78, 5) is 54.0. The Hall–Kier alpha value is -2.79. The van der Waals surface area contributed by atoms with Crippen molar-refractivity contribution in [1.82, 2.24) is 5.32 Å². The van der Waals surface area contributed by atoms with Gasteiger partial charge in [-0.3, -0.25) is 19.3 Å². The average Bonchev–Trinajstić information content (AvgIpc) is 2.88. The van der Waals surface area contributed by atoms with E-state index in [2.05, 4.69) is 5.32 Å². The topological polar surface area (TPSA) is 137 Å². The fourth-order valence-electron chi connectivity index (χ4n) is 4.19. The molecule has 0 saturated heterocycles. The zero-order chi connectivity index (χ0) is 29.4. The molecule has 1 aromatic carbocycles. The van der Waals surface area contributed by atoms with E-state index < -0.39 is 52.4 Å². The van der Waals surface area contributed by atoms with Gasteiger partial charge in [0.05, 0.1) is 29.5 Å². The second kappa shape index (κ2) is 14.0. The van der Waals surface area contributed by atoms with Crippen molar-refractivity contribution in [3.8, 4) is 0 Å². The predicted molar refractivity (Wildman–Crippen MR) is 150 cm³/mol. The van der Waals surface area contributed by atoms with Gasteiger partial charge in [0.2, 0.25) is 5.91 Å². The summed E-state index contributed by atoms with van der Waals surface area (Å²) < 4.78 is 16.1. The van der Waals surface area contributed by atoms with Crippen molar-refractivity contribution in [1.29, 1.82) is 0 Å². The van der Waals surface area contributed by atoms with Crippen LogP contribution in [-0.2, 0) is 28.6 Å². The van der Waals surface area contributed by atoms with Crippen LogP contribution in [0.5, 0.6) is 0 Å². The molecule has 0 saturated carbocycles. The summed E-state index contributed by atoms with van der Waals surface area (Å²) in [6.45, 7) is 12.5. The number of esters is 2. The van der Waals surface area contributed by atoms with Gasteiger partial charge in [-0.1, -0.05) is 18.6 Å². The number of benzene rings is 1. The van der Waals surface area contributed by atoms with E-state index in [-0.39, 0.29) is 13.2 Å². The van der Waals surface area contributed by atoms with Crippen molar-refractivity contribution in [3.05, 3.63) is 24.3 Å². The number of alkyl carbamates (subject to hydrolysis) is 1. The number of nitrogens with two attached hydrogens (primary N) is 1. The van der Waals surface area contributed by atoms with Crippen LogP contribution in [0, 0.1) is 11.8 Å². The van der Waals surface area contributed by atoms with Crippen molar-refractivity contribution in [3.63, 3.8) is 0 Å². The fraction of sp³-hybridized carbons (Fsp3) is 0.643. The van der Waals surface area contributed by atoms with Crippen molar-refractivity contribution in [2.45, 2.75) is 89.2 Å². The van der Waals surface area contributed by atoms with Gasteiger partial charge >= 0.3 is 18.0 Å². The van der Waals surface area contributed by atoms with Crippen LogP contribution in [0.1, 0.15) is 67.7 Å². The van der Waals surface area contributed by atoms with E-state index >= 15 is 0 Å². The summed E-state index contributed by atoms with van der Waals surface area (Å²) in [5, 5.41) is 1.95.